The maximum Gasteiger partial charge on any atom is 0.254 e. The highest BCUT2D eigenvalue weighted by molar-refractivity contribution is 5.82. The first-order chi connectivity index (χ1) is 11.2. The van der Waals surface area contributed by atoms with Gasteiger partial charge in [-0.25, -0.2) is 0 Å². The van der Waals surface area contributed by atoms with Gasteiger partial charge in [0.15, 0.2) is 11.9 Å². The molecule has 0 bridgehead atoms. The van der Waals surface area contributed by atoms with Crippen LogP contribution in [0.2, 0.25) is 0 Å². The molecular weight excluding hydrogens is 294 g/mol. The van der Waals surface area contributed by atoms with Crippen molar-refractivity contribution in [1.82, 2.24) is 15.5 Å². The van der Waals surface area contributed by atoms with E-state index in [0.29, 0.717) is 11.7 Å². The van der Waals surface area contributed by atoms with E-state index in [1.54, 1.807) is 6.92 Å². The number of carbonyl (C=O) groups excluding carboxylic acids is 1. The Labute approximate surface area is 135 Å². The Morgan fingerprint density at radius 2 is 2.09 bits per heavy atom. The lowest BCUT2D eigenvalue weighted by molar-refractivity contribution is -0.137. The van der Waals surface area contributed by atoms with Gasteiger partial charge in [0.25, 0.3) is 5.91 Å². The summed E-state index contributed by atoms with van der Waals surface area (Å²) in [5.41, 5.74) is 0.862. The van der Waals surface area contributed by atoms with E-state index in [4.69, 9.17) is 9.26 Å². The third-order valence-corrected chi connectivity index (χ3v) is 3.96. The smallest absolute Gasteiger partial charge is 0.254 e. The second-order valence-corrected chi connectivity index (χ2v) is 5.78. The lowest BCUT2D eigenvalue weighted by Gasteiger charge is -2.21. The number of nitrogens with zero attached hydrogens (tertiary/aromatic N) is 2. The van der Waals surface area contributed by atoms with E-state index in [1.807, 2.05) is 30.3 Å². The lowest BCUT2D eigenvalue weighted by atomic mass is 10.1. The zero-order valence-corrected chi connectivity index (χ0v) is 13.2. The Bertz CT molecular complexity index is 636. The van der Waals surface area contributed by atoms with Gasteiger partial charge in [0.2, 0.25) is 5.89 Å². The van der Waals surface area contributed by atoms with Crippen LogP contribution in [0.4, 0.5) is 0 Å². The minimum atomic E-state index is -0.604. The normalized spacial score (nSPS) is 16.4. The summed E-state index contributed by atoms with van der Waals surface area (Å²) in [7, 11) is 0. The van der Waals surface area contributed by atoms with Gasteiger partial charge in [-0.1, -0.05) is 48.3 Å². The van der Waals surface area contributed by atoms with Crippen molar-refractivity contribution in [2.75, 3.05) is 0 Å². The summed E-state index contributed by atoms with van der Waals surface area (Å²) in [4.78, 5) is 16.7. The zero-order chi connectivity index (χ0) is 16.1. The van der Waals surface area contributed by atoms with Crippen LogP contribution in [0.3, 0.4) is 0 Å². The fourth-order valence-corrected chi connectivity index (χ4v) is 2.81. The minimum absolute atomic E-state index is 0.151. The standard InChI is InChI=1S/C17H21N3O3/c1-12-19-15(20-23-12)11-18-17(21)16(13-7-3-2-4-8-13)22-14-9-5-6-10-14/h2-4,7-8,14,16H,5-6,9-11H2,1H3,(H,18,21)/t16-/m0/s1. The molecule has 6 nitrogen and oxygen atoms in total. The van der Waals surface area contributed by atoms with Crippen LogP contribution in [0, 0.1) is 6.92 Å². The molecule has 1 aliphatic rings. The quantitative estimate of drug-likeness (QED) is 0.887. The number of hydrogen-bond acceptors (Lipinski definition) is 5. The van der Waals surface area contributed by atoms with Crippen LogP contribution in [0.25, 0.3) is 0 Å². The second kappa shape index (κ2) is 7.37. The van der Waals surface area contributed by atoms with E-state index in [9.17, 15) is 4.79 Å². The van der Waals surface area contributed by atoms with Gasteiger partial charge in [0.1, 0.15) is 0 Å². The summed E-state index contributed by atoms with van der Waals surface area (Å²) in [5, 5.41) is 6.62. The Hall–Kier alpha value is -2.21. The Balaban J connectivity index is 1.67. The number of ether oxygens (including phenoxy) is 1. The van der Waals surface area contributed by atoms with Crippen molar-refractivity contribution < 1.29 is 14.1 Å². The van der Waals surface area contributed by atoms with E-state index >= 15 is 0 Å². The molecule has 122 valence electrons. The molecule has 1 fully saturated rings. The monoisotopic (exact) mass is 315 g/mol. The van der Waals surface area contributed by atoms with Crippen molar-refractivity contribution in [1.29, 1.82) is 0 Å². The number of nitrogens with one attached hydrogen (secondary N) is 1. The molecule has 1 saturated carbocycles. The molecule has 1 atom stereocenters. The van der Waals surface area contributed by atoms with Crippen LogP contribution in [0.1, 0.15) is 49.1 Å². The molecule has 1 amide bonds. The van der Waals surface area contributed by atoms with Crippen molar-refractivity contribution >= 4 is 5.91 Å². The Morgan fingerprint density at radius 3 is 2.74 bits per heavy atom. The Kier molecular flexibility index (Phi) is 5.02. The van der Waals surface area contributed by atoms with Crippen LogP contribution in [-0.4, -0.2) is 22.2 Å². The van der Waals surface area contributed by atoms with E-state index < -0.39 is 6.10 Å². The number of amides is 1. The van der Waals surface area contributed by atoms with Gasteiger partial charge in [-0.2, -0.15) is 4.98 Å². The number of benzene rings is 1. The molecule has 0 spiro atoms. The van der Waals surface area contributed by atoms with Crippen molar-refractivity contribution in [3.8, 4) is 0 Å². The molecule has 1 heterocycles. The van der Waals surface area contributed by atoms with Gasteiger partial charge < -0.3 is 14.6 Å². The average Bonchev–Trinajstić information content (AvgIpc) is 3.23. The first-order valence-electron chi connectivity index (χ1n) is 7.99. The second-order valence-electron chi connectivity index (χ2n) is 5.78. The fourth-order valence-electron chi connectivity index (χ4n) is 2.81. The highest BCUT2D eigenvalue weighted by Crippen LogP contribution is 2.28. The molecule has 0 aliphatic heterocycles. The summed E-state index contributed by atoms with van der Waals surface area (Å²) in [6.07, 6.45) is 3.90. The highest BCUT2D eigenvalue weighted by Gasteiger charge is 2.27. The van der Waals surface area contributed by atoms with E-state index in [0.717, 1.165) is 31.2 Å². The average molecular weight is 315 g/mol. The van der Waals surface area contributed by atoms with E-state index in [2.05, 4.69) is 15.5 Å². The molecule has 3 rings (SSSR count). The summed E-state index contributed by atoms with van der Waals surface area (Å²) in [6.45, 7) is 1.95. The maximum atomic E-state index is 12.6. The molecule has 1 N–H and O–H groups in total. The van der Waals surface area contributed by atoms with Gasteiger partial charge in [0, 0.05) is 6.92 Å². The maximum absolute atomic E-state index is 12.6. The van der Waals surface area contributed by atoms with Gasteiger partial charge >= 0.3 is 0 Å². The van der Waals surface area contributed by atoms with Gasteiger partial charge in [-0.3, -0.25) is 4.79 Å². The molecule has 1 aliphatic carbocycles. The van der Waals surface area contributed by atoms with Gasteiger partial charge in [-0.05, 0) is 18.4 Å². The molecule has 1 aromatic heterocycles. The van der Waals surface area contributed by atoms with Crippen LogP contribution in [0.15, 0.2) is 34.9 Å². The third-order valence-electron chi connectivity index (χ3n) is 3.96. The molecule has 1 aromatic carbocycles. The Morgan fingerprint density at radius 1 is 1.35 bits per heavy atom. The fraction of sp³-hybridized carbons (Fsp3) is 0.471. The topological polar surface area (TPSA) is 77.2 Å². The van der Waals surface area contributed by atoms with Crippen molar-refractivity contribution in [3.05, 3.63) is 47.6 Å². The van der Waals surface area contributed by atoms with Crippen LogP contribution in [-0.2, 0) is 16.1 Å². The highest BCUT2D eigenvalue weighted by atomic mass is 16.5. The minimum Gasteiger partial charge on any atom is -0.360 e. The summed E-state index contributed by atoms with van der Waals surface area (Å²) < 4.78 is 11.0. The van der Waals surface area contributed by atoms with Crippen molar-refractivity contribution in [2.45, 2.75) is 51.4 Å². The number of aromatic nitrogens is 2. The van der Waals surface area contributed by atoms with Gasteiger partial charge in [0.05, 0.1) is 12.6 Å². The zero-order valence-electron chi connectivity index (χ0n) is 13.2. The third kappa shape index (κ3) is 4.16. The summed E-state index contributed by atoms with van der Waals surface area (Å²) >= 11 is 0. The lowest BCUT2D eigenvalue weighted by Crippen LogP contribution is -2.32. The molecule has 6 heteroatoms. The largest absolute Gasteiger partial charge is 0.360 e. The molecule has 23 heavy (non-hydrogen) atoms. The first kappa shape index (κ1) is 15.7. The number of hydrogen-bond donors (Lipinski definition) is 1. The molecule has 0 radical (unpaired) electrons. The number of rotatable bonds is 6. The first-order valence-corrected chi connectivity index (χ1v) is 7.99. The van der Waals surface area contributed by atoms with E-state index in [-0.39, 0.29) is 18.6 Å². The number of aryl methyl sites for hydroxylation is 1. The molecular formula is C17H21N3O3. The molecule has 2 aromatic rings. The van der Waals surface area contributed by atoms with Crippen molar-refractivity contribution in [2.24, 2.45) is 0 Å². The van der Waals surface area contributed by atoms with Crippen LogP contribution in [0.5, 0.6) is 0 Å². The van der Waals surface area contributed by atoms with Crippen molar-refractivity contribution in [3.63, 3.8) is 0 Å². The van der Waals surface area contributed by atoms with Crippen LogP contribution < -0.4 is 5.32 Å². The summed E-state index contributed by atoms with van der Waals surface area (Å²) in [6, 6.07) is 9.58. The number of carbonyl (C=O) groups is 1. The SMILES string of the molecule is Cc1nc(CNC(=O)[C@@H](OC2CCCC2)c2ccccc2)no1. The predicted molar refractivity (Wildman–Crippen MR) is 83.4 cm³/mol. The van der Waals surface area contributed by atoms with Crippen LogP contribution >= 0.6 is 0 Å². The van der Waals surface area contributed by atoms with Gasteiger partial charge in [-0.15, -0.1) is 0 Å². The summed E-state index contributed by atoms with van der Waals surface area (Å²) in [5.74, 6) is 0.769. The van der Waals surface area contributed by atoms with E-state index in [1.165, 1.54) is 0 Å². The molecule has 0 saturated heterocycles. The predicted octanol–water partition coefficient (Wildman–Crippen LogP) is 2.69. The molecule has 0 unspecified atom stereocenters.